The number of hydrogen-bond donors (Lipinski definition) is 2. The molecular formula is C14H14F3N3O4S. The van der Waals surface area contributed by atoms with Crippen LogP contribution >= 0.6 is 11.8 Å². The molecule has 0 saturated heterocycles. The Hall–Kier alpha value is -2.27. The molecule has 1 aromatic carbocycles. The SMILES string of the molecule is COc1cc2nc(C(F)(F)F)nc(SCC(N)C(=O)O)c2cc1OC. The highest BCUT2D eigenvalue weighted by Crippen LogP contribution is 2.37. The summed E-state index contributed by atoms with van der Waals surface area (Å²) in [5, 5.41) is 9.05. The minimum absolute atomic E-state index is 0.00799. The number of rotatable bonds is 6. The normalized spacial score (nSPS) is 12.9. The van der Waals surface area contributed by atoms with Crippen LogP contribution in [0.3, 0.4) is 0 Å². The van der Waals surface area contributed by atoms with E-state index in [0.717, 1.165) is 11.8 Å². The van der Waals surface area contributed by atoms with E-state index < -0.39 is 24.0 Å². The van der Waals surface area contributed by atoms with Gasteiger partial charge < -0.3 is 20.3 Å². The van der Waals surface area contributed by atoms with Gasteiger partial charge in [-0.25, -0.2) is 9.97 Å². The third-order valence-electron chi connectivity index (χ3n) is 3.14. The van der Waals surface area contributed by atoms with E-state index in [9.17, 15) is 18.0 Å². The van der Waals surface area contributed by atoms with Gasteiger partial charge in [0.2, 0.25) is 5.82 Å². The first-order valence-electron chi connectivity index (χ1n) is 6.79. The zero-order chi connectivity index (χ0) is 18.8. The number of methoxy groups -OCH3 is 2. The highest BCUT2D eigenvalue weighted by molar-refractivity contribution is 7.99. The fraction of sp³-hybridized carbons (Fsp3) is 0.357. The van der Waals surface area contributed by atoms with Crippen LogP contribution < -0.4 is 15.2 Å². The zero-order valence-electron chi connectivity index (χ0n) is 13.1. The van der Waals surface area contributed by atoms with Gasteiger partial charge in [-0.15, -0.1) is 11.8 Å². The number of fused-ring (bicyclic) bond motifs is 1. The molecule has 7 nitrogen and oxygen atoms in total. The lowest BCUT2D eigenvalue weighted by atomic mass is 10.2. The summed E-state index contributed by atoms with van der Waals surface area (Å²) in [7, 11) is 2.72. The first kappa shape index (κ1) is 19.1. The molecule has 0 aliphatic carbocycles. The van der Waals surface area contributed by atoms with Crippen LogP contribution in [0.1, 0.15) is 5.82 Å². The number of carboxylic acid groups (broad SMARTS) is 1. The number of carbonyl (C=O) groups is 1. The highest BCUT2D eigenvalue weighted by Gasteiger charge is 2.36. The molecular weight excluding hydrogens is 363 g/mol. The van der Waals surface area contributed by atoms with E-state index in [1.807, 2.05) is 0 Å². The largest absolute Gasteiger partial charge is 0.493 e. The molecule has 1 aromatic heterocycles. The van der Waals surface area contributed by atoms with Gasteiger partial charge in [-0.3, -0.25) is 4.79 Å². The number of carboxylic acids is 1. The van der Waals surface area contributed by atoms with Crippen LogP contribution in [0.15, 0.2) is 17.2 Å². The molecule has 0 aliphatic heterocycles. The second-order valence-electron chi connectivity index (χ2n) is 4.83. The molecule has 25 heavy (non-hydrogen) atoms. The maximum Gasteiger partial charge on any atom is 0.451 e. The number of benzene rings is 1. The number of nitrogens with two attached hydrogens (primary N) is 1. The molecule has 3 N–H and O–H groups in total. The van der Waals surface area contributed by atoms with Crippen molar-refractivity contribution in [2.75, 3.05) is 20.0 Å². The van der Waals surface area contributed by atoms with Crippen LogP contribution in [0.4, 0.5) is 13.2 Å². The molecule has 2 rings (SSSR count). The van der Waals surface area contributed by atoms with Gasteiger partial charge in [0.15, 0.2) is 11.5 Å². The summed E-state index contributed by atoms with van der Waals surface area (Å²) < 4.78 is 49.3. The molecule has 0 saturated carbocycles. The van der Waals surface area contributed by atoms with Crippen molar-refractivity contribution in [3.8, 4) is 11.5 Å². The Balaban J connectivity index is 2.60. The summed E-state index contributed by atoms with van der Waals surface area (Å²) in [6.45, 7) is 0. The number of aliphatic carboxylic acids is 1. The van der Waals surface area contributed by atoms with E-state index in [0.29, 0.717) is 0 Å². The van der Waals surface area contributed by atoms with Crippen molar-refractivity contribution in [1.29, 1.82) is 0 Å². The van der Waals surface area contributed by atoms with E-state index >= 15 is 0 Å². The minimum Gasteiger partial charge on any atom is -0.493 e. The average molecular weight is 377 g/mol. The Morgan fingerprint density at radius 2 is 1.88 bits per heavy atom. The van der Waals surface area contributed by atoms with E-state index in [2.05, 4.69) is 9.97 Å². The van der Waals surface area contributed by atoms with E-state index in [1.165, 1.54) is 26.4 Å². The molecule has 1 atom stereocenters. The minimum atomic E-state index is -4.76. The molecule has 0 amide bonds. The molecule has 2 aromatic rings. The van der Waals surface area contributed by atoms with Crippen LogP contribution in [-0.4, -0.2) is 47.1 Å². The van der Waals surface area contributed by atoms with E-state index in [1.54, 1.807) is 0 Å². The number of ether oxygens (including phenoxy) is 2. The Labute approximate surface area is 144 Å². The van der Waals surface area contributed by atoms with Gasteiger partial charge in [-0.05, 0) is 6.07 Å². The lowest BCUT2D eigenvalue weighted by Gasteiger charge is -2.14. The van der Waals surface area contributed by atoms with Gasteiger partial charge in [-0.1, -0.05) is 0 Å². The van der Waals surface area contributed by atoms with Crippen molar-refractivity contribution in [2.24, 2.45) is 5.73 Å². The second-order valence-corrected chi connectivity index (χ2v) is 5.84. The fourth-order valence-corrected chi connectivity index (χ4v) is 2.85. The van der Waals surface area contributed by atoms with Gasteiger partial charge in [-0.2, -0.15) is 13.2 Å². The van der Waals surface area contributed by atoms with Crippen LogP contribution in [-0.2, 0) is 11.0 Å². The lowest BCUT2D eigenvalue weighted by Crippen LogP contribution is -2.32. The number of aromatic nitrogens is 2. The van der Waals surface area contributed by atoms with Gasteiger partial charge in [0.1, 0.15) is 11.1 Å². The summed E-state index contributed by atoms with van der Waals surface area (Å²) in [5.74, 6) is -2.27. The molecule has 1 heterocycles. The van der Waals surface area contributed by atoms with Gasteiger partial charge in [0, 0.05) is 17.2 Å². The van der Waals surface area contributed by atoms with Gasteiger partial charge in [0.25, 0.3) is 0 Å². The van der Waals surface area contributed by atoms with Crippen molar-refractivity contribution in [3.05, 3.63) is 18.0 Å². The summed E-state index contributed by atoms with van der Waals surface area (Å²) in [6.07, 6.45) is -4.76. The Morgan fingerprint density at radius 1 is 1.28 bits per heavy atom. The summed E-state index contributed by atoms with van der Waals surface area (Å²) in [6, 6.07) is 1.49. The third-order valence-corrected chi connectivity index (χ3v) is 4.25. The maximum atomic E-state index is 13.0. The predicted octanol–water partition coefficient (Wildman–Crippen LogP) is 2.17. The number of thioether (sulfide) groups is 1. The van der Waals surface area contributed by atoms with Crippen LogP contribution in [0.5, 0.6) is 11.5 Å². The van der Waals surface area contributed by atoms with Crippen LogP contribution in [0.25, 0.3) is 10.9 Å². The Bertz CT molecular complexity index is 801. The monoisotopic (exact) mass is 377 g/mol. The zero-order valence-corrected chi connectivity index (χ0v) is 13.9. The number of nitrogens with zero attached hydrogens (tertiary/aromatic N) is 2. The molecule has 0 fully saturated rings. The molecule has 0 radical (unpaired) electrons. The summed E-state index contributed by atoms with van der Waals surface area (Å²) in [4.78, 5) is 17.8. The molecule has 11 heteroatoms. The molecule has 0 aliphatic rings. The van der Waals surface area contributed by atoms with Crippen molar-refractivity contribution in [1.82, 2.24) is 9.97 Å². The van der Waals surface area contributed by atoms with E-state index in [-0.39, 0.29) is 33.2 Å². The first-order valence-corrected chi connectivity index (χ1v) is 7.78. The molecule has 136 valence electrons. The molecule has 1 unspecified atom stereocenters. The number of halogens is 3. The standard InChI is InChI=1S/C14H14F3N3O4S/c1-23-9-3-6-8(4-10(9)24-2)19-13(14(15,16)17)20-11(6)25-5-7(18)12(21)22/h3-4,7H,5,18H2,1-2H3,(H,21,22). The third kappa shape index (κ3) is 4.23. The van der Waals surface area contributed by atoms with Gasteiger partial charge >= 0.3 is 12.1 Å². The summed E-state index contributed by atoms with van der Waals surface area (Å²) in [5.41, 5.74) is 5.40. The van der Waals surface area contributed by atoms with Crippen molar-refractivity contribution in [3.63, 3.8) is 0 Å². The van der Waals surface area contributed by atoms with Gasteiger partial charge in [0.05, 0.1) is 19.7 Å². The number of alkyl halides is 3. The van der Waals surface area contributed by atoms with Crippen LogP contribution in [0, 0.1) is 0 Å². The Kier molecular flexibility index (Phi) is 5.58. The van der Waals surface area contributed by atoms with Crippen molar-refractivity contribution < 1.29 is 32.5 Å². The topological polar surface area (TPSA) is 108 Å². The summed E-state index contributed by atoms with van der Waals surface area (Å²) >= 11 is 0.796. The predicted molar refractivity (Wildman–Crippen MR) is 84.0 cm³/mol. The maximum absolute atomic E-state index is 13.0. The average Bonchev–Trinajstić information content (AvgIpc) is 2.56. The fourth-order valence-electron chi connectivity index (χ4n) is 1.90. The quantitative estimate of drug-likeness (QED) is 0.583. The van der Waals surface area contributed by atoms with E-state index in [4.69, 9.17) is 20.3 Å². The Morgan fingerprint density at radius 3 is 2.40 bits per heavy atom. The van der Waals surface area contributed by atoms with Crippen molar-refractivity contribution >= 4 is 28.6 Å². The number of hydrogen-bond acceptors (Lipinski definition) is 7. The van der Waals surface area contributed by atoms with Crippen LogP contribution in [0.2, 0.25) is 0 Å². The molecule has 0 bridgehead atoms. The first-order chi connectivity index (χ1) is 11.7. The second kappa shape index (κ2) is 7.31. The molecule has 0 spiro atoms. The smallest absolute Gasteiger partial charge is 0.451 e. The van der Waals surface area contributed by atoms with Crippen molar-refractivity contribution in [2.45, 2.75) is 17.2 Å². The lowest BCUT2D eigenvalue weighted by molar-refractivity contribution is -0.145. The highest BCUT2D eigenvalue weighted by atomic mass is 32.2.